The number of aliphatic hydroxyl groups is 2. The van der Waals surface area contributed by atoms with Crippen LogP contribution in [0.5, 0.6) is 0 Å². The van der Waals surface area contributed by atoms with Gasteiger partial charge in [-0.15, -0.1) is 0 Å². The lowest BCUT2D eigenvalue weighted by Gasteiger charge is -2.42. The minimum absolute atomic E-state index is 0.00261. The van der Waals surface area contributed by atoms with Crippen LogP contribution in [0.2, 0.25) is 0 Å². The van der Waals surface area contributed by atoms with Gasteiger partial charge in [-0.25, -0.2) is 15.8 Å². The highest BCUT2D eigenvalue weighted by molar-refractivity contribution is 7.53. The van der Waals surface area contributed by atoms with Crippen molar-refractivity contribution in [3.8, 4) is 0 Å². The quantitative estimate of drug-likeness (QED) is 0.0910. The second-order valence-corrected chi connectivity index (χ2v) is 21.8. The van der Waals surface area contributed by atoms with Gasteiger partial charge in [-0.3, -0.25) is 23.7 Å². The fraction of sp³-hybridized carbons (Fsp3) is 0.745. The summed E-state index contributed by atoms with van der Waals surface area (Å²) in [7, 11) is 0.659. The van der Waals surface area contributed by atoms with Gasteiger partial charge in [0.15, 0.2) is 5.78 Å². The summed E-state index contributed by atoms with van der Waals surface area (Å²) in [6, 6.07) is -1.18. The van der Waals surface area contributed by atoms with Gasteiger partial charge in [0, 0.05) is 58.5 Å². The normalized spacial score (nSPS) is 39.0. The number of carbonyl (C=O) groups excluding carboxylic acids is 5. The van der Waals surface area contributed by atoms with Crippen LogP contribution < -0.4 is 11.0 Å². The summed E-state index contributed by atoms with van der Waals surface area (Å²) in [5.74, 6) is -8.41. The molecule has 4 rings (SSSR count). The third kappa shape index (κ3) is 16.1. The fourth-order valence-electron chi connectivity index (χ4n) is 10.4. The summed E-state index contributed by atoms with van der Waals surface area (Å²) in [5.41, 5.74) is 12.3. The van der Waals surface area contributed by atoms with E-state index in [1.165, 1.54) is 19.1 Å². The summed E-state index contributed by atoms with van der Waals surface area (Å²) < 4.78 is 47.1. The van der Waals surface area contributed by atoms with Crippen LogP contribution in [0.3, 0.4) is 0 Å². The molecule has 1 amide bonds. The Morgan fingerprint density at radius 2 is 1.58 bits per heavy atom. The molecule has 4 aliphatic rings. The SMILES string of the molecule is CO[C@H]1C[C@@H]2CC[C@@H](C)C(O)(O2)C(=O)C(=O)N2CCCCC2C(=O)O[C@H]([C@H](C)C[C@@H]2CC[C@@H](OP(N)(N)=O)[C@H](OC)C2)CC(=O)[C@H](C)/C=C(\C)[C@@H](O)[C@@H](OC)C(=O)[C@H](C)C[C@H](C)/C=C/C=C/C=C/1C. The Morgan fingerprint density at radius 1 is 0.870 bits per heavy atom. The van der Waals surface area contributed by atoms with Crippen molar-refractivity contribution >= 4 is 36.9 Å². The van der Waals surface area contributed by atoms with E-state index < -0.39 is 104 Å². The predicted molar refractivity (Wildman–Crippen MR) is 260 cm³/mol. The first-order valence-electron chi connectivity index (χ1n) is 24.8. The molecule has 1 aliphatic carbocycles. The summed E-state index contributed by atoms with van der Waals surface area (Å²) in [5, 5.41) is 23.4. The summed E-state index contributed by atoms with van der Waals surface area (Å²) >= 11 is 0. The zero-order chi connectivity index (χ0) is 51.4. The third-order valence-corrected chi connectivity index (χ3v) is 15.4. The van der Waals surface area contributed by atoms with Crippen LogP contribution in [0.1, 0.15) is 126 Å². The predicted octanol–water partition coefficient (Wildman–Crippen LogP) is 6.23. The van der Waals surface area contributed by atoms with Gasteiger partial charge in [-0.05, 0) is 107 Å². The number of rotatable bonds is 8. The molecule has 2 saturated heterocycles. The van der Waals surface area contributed by atoms with Crippen LogP contribution in [-0.2, 0) is 56.7 Å². The molecule has 0 aromatic carbocycles. The molecule has 2 bridgehead atoms. The van der Waals surface area contributed by atoms with E-state index in [9.17, 15) is 38.8 Å². The molecule has 1 saturated carbocycles. The summed E-state index contributed by atoms with van der Waals surface area (Å²) in [6.45, 7) is 12.6. The molecule has 3 aliphatic heterocycles. The zero-order valence-corrected chi connectivity index (χ0v) is 43.5. The van der Waals surface area contributed by atoms with Gasteiger partial charge < -0.3 is 43.3 Å². The highest BCUT2D eigenvalue weighted by atomic mass is 31.2. The van der Waals surface area contributed by atoms with E-state index >= 15 is 0 Å². The first-order chi connectivity index (χ1) is 32.4. The highest BCUT2D eigenvalue weighted by Crippen LogP contribution is 2.41. The lowest BCUT2D eigenvalue weighted by atomic mass is 9.78. The Kier molecular flexibility index (Phi) is 22.4. The molecule has 6 N–H and O–H groups in total. The smallest absolute Gasteiger partial charge is 0.335 e. The highest BCUT2D eigenvalue weighted by Gasteiger charge is 2.53. The van der Waals surface area contributed by atoms with E-state index in [-0.39, 0.29) is 42.8 Å². The number of allylic oxidation sites excluding steroid dienone is 6. The number of fused-ring (bicyclic) bond motifs is 3. The van der Waals surface area contributed by atoms with E-state index in [0.717, 1.165) is 5.57 Å². The number of methoxy groups -OCH3 is 3. The van der Waals surface area contributed by atoms with Crippen molar-refractivity contribution in [2.24, 2.45) is 46.5 Å². The van der Waals surface area contributed by atoms with Crippen LogP contribution in [0.4, 0.5) is 0 Å². The molecule has 0 aromatic rings. The molecule has 0 aromatic heterocycles. The number of esters is 1. The van der Waals surface area contributed by atoms with E-state index in [2.05, 4.69) is 0 Å². The number of amides is 1. The van der Waals surface area contributed by atoms with Crippen LogP contribution in [-0.4, -0.2) is 127 Å². The number of hydrogen-bond acceptors (Lipinski definition) is 14. The molecule has 3 fully saturated rings. The number of ketones is 3. The van der Waals surface area contributed by atoms with Crippen molar-refractivity contribution in [1.82, 2.24) is 4.90 Å². The van der Waals surface area contributed by atoms with Crippen molar-refractivity contribution in [2.45, 2.75) is 180 Å². The van der Waals surface area contributed by atoms with Crippen LogP contribution in [0.15, 0.2) is 47.6 Å². The second kappa shape index (κ2) is 26.5. The average molecular weight is 992 g/mol. The monoisotopic (exact) mass is 992 g/mol. The lowest BCUT2D eigenvalue weighted by molar-refractivity contribution is -0.265. The number of hydrogen-bond donors (Lipinski definition) is 4. The minimum atomic E-state index is -3.79. The maximum Gasteiger partial charge on any atom is 0.335 e. The zero-order valence-electron chi connectivity index (χ0n) is 42.6. The van der Waals surface area contributed by atoms with Gasteiger partial charge >= 0.3 is 13.6 Å². The van der Waals surface area contributed by atoms with Crippen LogP contribution in [0, 0.1) is 35.5 Å². The van der Waals surface area contributed by atoms with E-state index in [4.69, 9.17) is 39.2 Å². The number of carbonyl (C=O) groups is 5. The summed E-state index contributed by atoms with van der Waals surface area (Å²) in [6.07, 6.45) is 10.2. The standard InChI is InChI=1S/C51H82N3O14P/c1-30-16-12-11-13-17-31(2)42(63-8)28-38-21-19-36(7)51(61,67-38)48(58)49(59)54-23-15-14-18-39(54)50(60)66-43(33(4)26-37-20-22-41(44(27-37)64-9)68-69(52,53)62)29-40(55)32(3)25-35(6)46(57)47(65-10)45(56)34(5)24-30/h11-13,16-17,25,30,32-34,36-39,41-44,46-47,57,61H,14-15,18-24,26-29H2,1-10H3,(H4,52,53,62)/b13-11+,16-12+,31-17+,35-25+/t30-,32-,33-,34-,36-,37+,38+,39?,41-,42+,43+,44-,46-,47+,51?/m1/s1. The lowest BCUT2D eigenvalue weighted by Crippen LogP contribution is -2.61. The van der Waals surface area contributed by atoms with Crippen molar-refractivity contribution in [2.75, 3.05) is 27.9 Å². The number of ether oxygens (including phenoxy) is 5. The van der Waals surface area contributed by atoms with Crippen molar-refractivity contribution in [1.29, 1.82) is 0 Å². The fourth-order valence-corrected chi connectivity index (χ4v) is 11.1. The Bertz CT molecular complexity index is 1950. The first-order valence-corrected chi connectivity index (χ1v) is 26.5. The van der Waals surface area contributed by atoms with Crippen molar-refractivity contribution in [3.63, 3.8) is 0 Å². The van der Waals surface area contributed by atoms with Gasteiger partial charge in [-0.2, -0.15) is 0 Å². The third-order valence-electron chi connectivity index (χ3n) is 14.8. The topological polar surface area (TPSA) is 254 Å². The molecule has 0 radical (unpaired) electrons. The number of piperidine rings is 1. The Morgan fingerprint density at radius 3 is 2.23 bits per heavy atom. The number of nitrogens with zero attached hydrogens (tertiary/aromatic N) is 1. The van der Waals surface area contributed by atoms with E-state index in [0.29, 0.717) is 69.8 Å². The van der Waals surface area contributed by atoms with Gasteiger partial charge in [0.1, 0.15) is 30.1 Å². The molecule has 0 spiro atoms. The number of cyclic esters (lactones) is 1. The first kappa shape index (κ1) is 58.4. The van der Waals surface area contributed by atoms with Crippen molar-refractivity contribution < 1.29 is 67.0 Å². The largest absolute Gasteiger partial charge is 0.460 e. The molecular formula is C51H82N3O14P. The number of nitrogens with two attached hydrogens (primary N) is 2. The maximum absolute atomic E-state index is 14.5. The second-order valence-electron chi connectivity index (χ2n) is 20.3. The maximum atomic E-state index is 14.5. The van der Waals surface area contributed by atoms with Gasteiger partial charge in [0.05, 0.1) is 24.4 Å². The Hall–Kier alpha value is -3.22. The summed E-state index contributed by atoms with van der Waals surface area (Å²) in [4.78, 5) is 72.1. The molecule has 18 heteroatoms. The minimum Gasteiger partial charge on any atom is -0.460 e. The van der Waals surface area contributed by atoms with E-state index in [1.54, 1.807) is 40.9 Å². The van der Waals surface area contributed by atoms with Crippen molar-refractivity contribution in [3.05, 3.63) is 47.6 Å². The Labute approximate surface area is 409 Å². The molecule has 15 atom stereocenters. The van der Waals surface area contributed by atoms with Gasteiger partial charge in [0.25, 0.3) is 11.7 Å². The molecule has 3 heterocycles. The van der Waals surface area contributed by atoms with Crippen LogP contribution in [0.25, 0.3) is 0 Å². The molecular weight excluding hydrogens is 910 g/mol. The number of aliphatic hydroxyl groups excluding tert-OH is 1. The Balaban J connectivity index is 1.70. The van der Waals surface area contributed by atoms with Gasteiger partial charge in [0.2, 0.25) is 5.79 Å². The van der Waals surface area contributed by atoms with Gasteiger partial charge in [-0.1, -0.05) is 71.1 Å². The molecule has 17 nitrogen and oxygen atoms in total. The number of Topliss-reactive ketones (excluding diaryl/α,β-unsaturated/α-hetero) is 3. The molecule has 390 valence electrons. The van der Waals surface area contributed by atoms with Crippen LogP contribution >= 0.6 is 7.67 Å². The van der Waals surface area contributed by atoms with E-state index in [1.807, 2.05) is 51.2 Å². The molecule has 69 heavy (non-hydrogen) atoms. The molecule has 2 unspecified atom stereocenters. The average Bonchev–Trinajstić information content (AvgIpc) is 3.30.